The highest BCUT2D eigenvalue weighted by Gasteiger charge is 2.30. The molecule has 0 atom stereocenters. The molecular weight excluding hydrogens is 402 g/mol. The van der Waals surface area contributed by atoms with E-state index in [0.29, 0.717) is 30.2 Å². The average Bonchev–Trinajstić information content (AvgIpc) is 3.13. The Morgan fingerprint density at radius 3 is 2.60 bits per heavy atom. The zero-order valence-electron chi connectivity index (χ0n) is 17.3. The fourth-order valence-corrected chi connectivity index (χ4v) is 5.48. The zero-order chi connectivity index (χ0) is 21.5. The SMILES string of the molecule is Cc1cc(C(=O)Nc2nnc3ccccn23)cc(S(=O)(=O)N2CCC(C)CC2)c1C. The Balaban J connectivity index is 1.66. The first-order chi connectivity index (χ1) is 14.3. The lowest BCUT2D eigenvalue weighted by Gasteiger charge is -2.30. The number of pyridine rings is 1. The van der Waals surface area contributed by atoms with E-state index < -0.39 is 15.9 Å². The van der Waals surface area contributed by atoms with Crippen molar-refractivity contribution in [2.24, 2.45) is 5.92 Å². The van der Waals surface area contributed by atoms with Gasteiger partial charge in [-0.05, 0) is 68.0 Å². The number of piperidine rings is 1. The first-order valence-corrected chi connectivity index (χ1v) is 11.4. The average molecular weight is 428 g/mol. The van der Waals surface area contributed by atoms with Crippen molar-refractivity contribution in [1.29, 1.82) is 0 Å². The molecule has 0 bridgehead atoms. The van der Waals surface area contributed by atoms with Gasteiger partial charge in [0.25, 0.3) is 5.91 Å². The molecule has 1 saturated heterocycles. The van der Waals surface area contributed by atoms with Gasteiger partial charge in [-0.3, -0.25) is 14.5 Å². The lowest BCUT2D eigenvalue weighted by Crippen LogP contribution is -2.38. The molecule has 1 fully saturated rings. The van der Waals surface area contributed by atoms with Gasteiger partial charge in [0.15, 0.2) is 5.65 Å². The summed E-state index contributed by atoms with van der Waals surface area (Å²) >= 11 is 0. The highest BCUT2D eigenvalue weighted by Crippen LogP contribution is 2.28. The number of hydrogen-bond acceptors (Lipinski definition) is 5. The number of sulfonamides is 1. The van der Waals surface area contributed by atoms with Crippen LogP contribution < -0.4 is 5.32 Å². The van der Waals surface area contributed by atoms with Gasteiger partial charge < -0.3 is 0 Å². The van der Waals surface area contributed by atoms with Crippen molar-refractivity contribution in [3.63, 3.8) is 0 Å². The molecule has 0 aliphatic carbocycles. The molecule has 3 heterocycles. The van der Waals surface area contributed by atoms with Crippen LogP contribution in [0.2, 0.25) is 0 Å². The van der Waals surface area contributed by atoms with Crippen LogP contribution in [0.5, 0.6) is 0 Å². The van der Waals surface area contributed by atoms with Crippen molar-refractivity contribution >= 4 is 27.5 Å². The summed E-state index contributed by atoms with van der Waals surface area (Å²) in [4.78, 5) is 13.1. The smallest absolute Gasteiger partial charge is 0.258 e. The van der Waals surface area contributed by atoms with Gasteiger partial charge in [-0.2, -0.15) is 4.31 Å². The highest BCUT2D eigenvalue weighted by atomic mass is 32.2. The number of benzene rings is 1. The number of aromatic nitrogens is 3. The number of hydrogen-bond donors (Lipinski definition) is 1. The van der Waals surface area contributed by atoms with Crippen LogP contribution in [-0.4, -0.2) is 46.3 Å². The van der Waals surface area contributed by atoms with Crippen LogP contribution in [0.1, 0.15) is 41.3 Å². The second-order valence-electron chi connectivity index (χ2n) is 7.91. The van der Waals surface area contributed by atoms with E-state index in [1.54, 1.807) is 29.7 Å². The lowest BCUT2D eigenvalue weighted by atomic mass is 10.0. The number of rotatable bonds is 4. The van der Waals surface area contributed by atoms with Crippen molar-refractivity contribution in [2.75, 3.05) is 18.4 Å². The van der Waals surface area contributed by atoms with Gasteiger partial charge in [0, 0.05) is 24.8 Å². The number of anilines is 1. The third kappa shape index (κ3) is 3.70. The van der Waals surface area contributed by atoms with Crippen LogP contribution in [0.15, 0.2) is 41.4 Å². The molecule has 0 spiro atoms. The number of amides is 1. The largest absolute Gasteiger partial charge is 0.290 e. The number of fused-ring (bicyclic) bond motifs is 1. The monoisotopic (exact) mass is 427 g/mol. The highest BCUT2D eigenvalue weighted by molar-refractivity contribution is 7.89. The summed E-state index contributed by atoms with van der Waals surface area (Å²) in [7, 11) is -3.67. The third-order valence-corrected chi connectivity index (χ3v) is 7.81. The van der Waals surface area contributed by atoms with E-state index in [0.717, 1.165) is 18.4 Å². The Hall–Kier alpha value is -2.78. The summed E-state index contributed by atoms with van der Waals surface area (Å²) < 4.78 is 29.8. The third-order valence-electron chi connectivity index (χ3n) is 5.78. The van der Waals surface area contributed by atoms with Gasteiger partial charge >= 0.3 is 0 Å². The van der Waals surface area contributed by atoms with Gasteiger partial charge in [-0.1, -0.05) is 13.0 Å². The van der Waals surface area contributed by atoms with Crippen LogP contribution >= 0.6 is 0 Å². The minimum absolute atomic E-state index is 0.188. The Morgan fingerprint density at radius 1 is 1.13 bits per heavy atom. The summed E-state index contributed by atoms with van der Waals surface area (Å²) in [5.74, 6) is 0.373. The van der Waals surface area contributed by atoms with Gasteiger partial charge in [0.05, 0.1) is 4.90 Å². The Morgan fingerprint density at radius 2 is 1.87 bits per heavy atom. The maximum atomic E-state index is 13.3. The first kappa shape index (κ1) is 20.5. The predicted octanol–water partition coefficient (Wildman–Crippen LogP) is 3.02. The quantitative estimate of drug-likeness (QED) is 0.690. The van der Waals surface area contributed by atoms with E-state index in [2.05, 4.69) is 22.4 Å². The number of nitrogens with zero attached hydrogens (tertiary/aromatic N) is 4. The van der Waals surface area contributed by atoms with Crippen molar-refractivity contribution < 1.29 is 13.2 Å². The van der Waals surface area contributed by atoms with Crippen molar-refractivity contribution in [3.05, 3.63) is 53.2 Å². The molecule has 30 heavy (non-hydrogen) atoms. The second kappa shape index (κ2) is 7.81. The molecule has 1 aliphatic rings. The summed E-state index contributed by atoms with van der Waals surface area (Å²) in [6.07, 6.45) is 3.44. The molecule has 2 aromatic heterocycles. The zero-order valence-corrected chi connectivity index (χ0v) is 18.1. The normalized spacial score (nSPS) is 16.1. The summed E-state index contributed by atoms with van der Waals surface area (Å²) in [6, 6.07) is 8.59. The maximum Gasteiger partial charge on any atom is 0.258 e. The molecule has 1 aromatic carbocycles. The molecule has 0 unspecified atom stereocenters. The van der Waals surface area contributed by atoms with E-state index in [9.17, 15) is 13.2 Å². The minimum Gasteiger partial charge on any atom is -0.290 e. The molecule has 1 aliphatic heterocycles. The van der Waals surface area contributed by atoms with Crippen molar-refractivity contribution in [1.82, 2.24) is 18.9 Å². The van der Waals surface area contributed by atoms with E-state index >= 15 is 0 Å². The van der Waals surface area contributed by atoms with Crippen molar-refractivity contribution in [3.8, 4) is 0 Å². The molecule has 1 N–H and O–H groups in total. The van der Waals surface area contributed by atoms with E-state index in [-0.39, 0.29) is 16.4 Å². The van der Waals surface area contributed by atoms with Crippen LogP contribution in [0, 0.1) is 19.8 Å². The molecular formula is C21H25N5O3S. The molecule has 158 valence electrons. The number of carbonyl (C=O) groups is 1. The summed E-state index contributed by atoms with van der Waals surface area (Å²) in [5, 5.41) is 10.8. The molecule has 3 aromatic rings. The van der Waals surface area contributed by atoms with Gasteiger partial charge in [0.1, 0.15) is 0 Å². The van der Waals surface area contributed by atoms with E-state index in [1.807, 2.05) is 19.1 Å². The topological polar surface area (TPSA) is 96.7 Å². The van der Waals surface area contributed by atoms with Crippen LogP contribution in [-0.2, 0) is 10.0 Å². The molecule has 8 nitrogen and oxygen atoms in total. The van der Waals surface area contributed by atoms with Crippen LogP contribution in [0.4, 0.5) is 5.95 Å². The summed E-state index contributed by atoms with van der Waals surface area (Å²) in [5.41, 5.74) is 2.29. The van der Waals surface area contributed by atoms with Gasteiger partial charge in [0.2, 0.25) is 16.0 Å². The summed E-state index contributed by atoms with van der Waals surface area (Å²) in [6.45, 7) is 6.74. The van der Waals surface area contributed by atoms with Gasteiger partial charge in [-0.25, -0.2) is 8.42 Å². The Kier molecular flexibility index (Phi) is 5.33. The van der Waals surface area contributed by atoms with Crippen LogP contribution in [0.3, 0.4) is 0 Å². The molecule has 0 radical (unpaired) electrons. The number of carbonyl (C=O) groups excluding carboxylic acids is 1. The fourth-order valence-electron chi connectivity index (χ4n) is 3.69. The first-order valence-electron chi connectivity index (χ1n) is 10.00. The Bertz CT molecular complexity index is 1210. The molecule has 1 amide bonds. The lowest BCUT2D eigenvalue weighted by molar-refractivity contribution is 0.102. The van der Waals surface area contributed by atoms with E-state index in [4.69, 9.17) is 0 Å². The van der Waals surface area contributed by atoms with Gasteiger partial charge in [-0.15, -0.1) is 10.2 Å². The minimum atomic E-state index is -3.67. The van der Waals surface area contributed by atoms with Crippen molar-refractivity contribution in [2.45, 2.75) is 38.5 Å². The molecule has 9 heteroatoms. The molecule has 4 rings (SSSR count). The predicted molar refractivity (Wildman–Crippen MR) is 114 cm³/mol. The second-order valence-corrected chi connectivity index (χ2v) is 9.82. The standard InChI is InChI=1S/C21H25N5O3S/c1-14-7-10-25(11-8-14)30(28,29)18-13-17(12-15(2)16(18)3)20(27)22-21-24-23-19-6-4-5-9-26(19)21/h4-6,9,12-14H,7-8,10-11H2,1-3H3,(H,22,24,27). The molecule has 0 saturated carbocycles. The van der Waals surface area contributed by atoms with Crippen LogP contribution in [0.25, 0.3) is 5.65 Å². The van der Waals surface area contributed by atoms with E-state index in [1.165, 1.54) is 10.4 Å². The maximum absolute atomic E-state index is 13.3. The number of nitrogens with one attached hydrogen (secondary N) is 1. The fraction of sp³-hybridized carbons (Fsp3) is 0.381. The number of aryl methyl sites for hydroxylation is 1. The Labute approximate surface area is 176 Å².